The molecular formula is C9H17N5O. The molecule has 0 aromatic carbocycles. The first-order chi connectivity index (χ1) is 7.15. The largest absolute Gasteiger partial charge is 0.374 e. The lowest BCUT2D eigenvalue weighted by Gasteiger charge is -2.17. The minimum absolute atomic E-state index is 0.0286. The summed E-state index contributed by atoms with van der Waals surface area (Å²) in [6.45, 7) is 2.08. The van der Waals surface area contributed by atoms with Crippen LogP contribution in [-0.4, -0.2) is 38.5 Å². The summed E-state index contributed by atoms with van der Waals surface area (Å²) >= 11 is 0. The highest BCUT2D eigenvalue weighted by molar-refractivity contribution is 4.89. The van der Waals surface area contributed by atoms with Gasteiger partial charge in [0.1, 0.15) is 0 Å². The molecule has 0 spiro atoms. The van der Waals surface area contributed by atoms with Gasteiger partial charge in [-0.3, -0.25) is 0 Å². The van der Waals surface area contributed by atoms with E-state index >= 15 is 0 Å². The molecule has 0 aliphatic carbocycles. The lowest BCUT2D eigenvalue weighted by molar-refractivity contribution is 0.0401. The Labute approximate surface area is 88.8 Å². The van der Waals surface area contributed by atoms with Gasteiger partial charge in [0.15, 0.2) is 5.82 Å². The third-order valence-corrected chi connectivity index (χ3v) is 2.71. The molecule has 1 aromatic rings. The van der Waals surface area contributed by atoms with Crippen LogP contribution in [0.1, 0.15) is 25.6 Å². The van der Waals surface area contributed by atoms with E-state index in [0.29, 0.717) is 18.3 Å². The molecule has 2 N–H and O–H groups in total. The average Bonchev–Trinajstić information content (AvgIpc) is 2.75. The molecule has 0 radical (unpaired) electrons. The zero-order chi connectivity index (χ0) is 10.8. The van der Waals surface area contributed by atoms with E-state index in [4.69, 9.17) is 10.5 Å². The maximum atomic E-state index is 6.04. The van der Waals surface area contributed by atoms with Gasteiger partial charge in [-0.15, -0.1) is 10.2 Å². The fourth-order valence-electron chi connectivity index (χ4n) is 1.90. The second-order valence-electron chi connectivity index (χ2n) is 4.13. The van der Waals surface area contributed by atoms with Gasteiger partial charge in [0.2, 0.25) is 0 Å². The number of tetrazole rings is 1. The number of nitrogens with zero attached hydrogens (tertiary/aromatic N) is 4. The van der Waals surface area contributed by atoms with Crippen molar-refractivity contribution in [2.45, 2.75) is 44.4 Å². The first kappa shape index (κ1) is 10.5. The predicted molar refractivity (Wildman–Crippen MR) is 54.0 cm³/mol. The summed E-state index contributed by atoms with van der Waals surface area (Å²) in [5.41, 5.74) is 6.04. The van der Waals surface area contributed by atoms with Crippen LogP contribution in [0.3, 0.4) is 0 Å². The maximum absolute atomic E-state index is 6.04. The molecule has 0 amide bonds. The van der Waals surface area contributed by atoms with Crippen LogP contribution < -0.4 is 5.73 Å². The number of nitrogens with two attached hydrogens (primary N) is 1. The lowest BCUT2D eigenvalue weighted by Crippen LogP contribution is -2.37. The third-order valence-electron chi connectivity index (χ3n) is 2.71. The molecule has 1 aliphatic heterocycles. The van der Waals surface area contributed by atoms with E-state index in [1.807, 2.05) is 0 Å². The Morgan fingerprint density at radius 3 is 2.93 bits per heavy atom. The zero-order valence-corrected chi connectivity index (χ0v) is 9.13. The lowest BCUT2D eigenvalue weighted by atomic mass is 10.1. The molecule has 15 heavy (non-hydrogen) atoms. The highest BCUT2D eigenvalue weighted by atomic mass is 16.5. The minimum Gasteiger partial charge on any atom is -0.374 e. The van der Waals surface area contributed by atoms with Crippen molar-refractivity contribution in [1.29, 1.82) is 0 Å². The summed E-state index contributed by atoms with van der Waals surface area (Å²) in [5, 5.41) is 11.8. The van der Waals surface area contributed by atoms with E-state index in [1.54, 1.807) is 7.05 Å². The number of hydrogen-bond acceptors (Lipinski definition) is 5. The Balaban J connectivity index is 1.89. The van der Waals surface area contributed by atoms with Crippen LogP contribution in [-0.2, 0) is 18.2 Å². The summed E-state index contributed by atoms with van der Waals surface area (Å²) < 4.78 is 5.69. The molecule has 1 saturated heterocycles. The molecule has 1 aliphatic rings. The predicted octanol–water partition coefficient (Wildman–Crippen LogP) is -0.353. The summed E-state index contributed by atoms with van der Waals surface area (Å²) in [5.74, 6) is 0.688. The van der Waals surface area contributed by atoms with Gasteiger partial charge in [-0.2, -0.15) is 4.80 Å². The van der Waals surface area contributed by atoms with Crippen LogP contribution in [0.25, 0.3) is 0 Å². The van der Waals surface area contributed by atoms with Gasteiger partial charge < -0.3 is 10.5 Å². The molecule has 0 saturated carbocycles. The number of aryl methyl sites for hydroxylation is 1. The van der Waals surface area contributed by atoms with Crippen LogP contribution >= 0.6 is 0 Å². The molecule has 6 heteroatoms. The van der Waals surface area contributed by atoms with Gasteiger partial charge in [-0.05, 0) is 25.0 Å². The van der Waals surface area contributed by atoms with Crippen molar-refractivity contribution < 1.29 is 4.74 Å². The molecule has 1 aromatic heterocycles. The van der Waals surface area contributed by atoms with Gasteiger partial charge in [0.05, 0.1) is 19.3 Å². The third kappa shape index (κ3) is 2.51. The summed E-state index contributed by atoms with van der Waals surface area (Å²) in [6, 6.07) is -0.0286. The van der Waals surface area contributed by atoms with Crippen molar-refractivity contribution in [3.05, 3.63) is 5.82 Å². The van der Waals surface area contributed by atoms with E-state index in [9.17, 15) is 0 Å². The van der Waals surface area contributed by atoms with E-state index in [0.717, 1.165) is 12.8 Å². The Morgan fingerprint density at radius 1 is 1.60 bits per heavy atom. The van der Waals surface area contributed by atoms with Crippen LogP contribution in [0, 0.1) is 0 Å². The number of ether oxygens (including phenoxy) is 1. The molecule has 2 heterocycles. The first-order valence-electron chi connectivity index (χ1n) is 5.29. The normalized spacial score (nSPS) is 28.2. The van der Waals surface area contributed by atoms with E-state index < -0.39 is 0 Å². The van der Waals surface area contributed by atoms with Gasteiger partial charge in [-0.1, -0.05) is 0 Å². The molecular weight excluding hydrogens is 194 g/mol. The molecule has 84 valence electrons. The highest BCUT2D eigenvalue weighted by Gasteiger charge is 2.28. The number of hydrogen-bond donors (Lipinski definition) is 1. The molecule has 0 bridgehead atoms. The molecule has 2 rings (SSSR count). The van der Waals surface area contributed by atoms with E-state index in [1.165, 1.54) is 4.80 Å². The van der Waals surface area contributed by atoms with Crippen molar-refractivity contribution in [2.75, 3.05) is 0 Å². The smallest absolute Gasteiger partial charge is 0.176 e. The van der Waals surface area contributed by atoms with Crippen molar-refractivity contribution >= 4 is 0 Å². The molecule has 3 atom stereocenters. The monoisotopic (exact) mass is 211 g/mol. The van der Waals surface area contributed by atoms with Gasteiger partial charge >= 0.3 is 0 Å². The fourth-order valence-corrected chi connectivity index (χ4v) is 1.90. The standard InChI is InChI=1S/C9H17N5O/c1-6-3-4-8(15-6)7(10)5-9-11-13-14(2)12-9/h6-8H,3-5,10H2,1-2H3. The fraction of sp³-hybridized carbons (Fsp3) is 0.889. The average molecular weight is 211 g/mol. The molecule has 1 fully saturated rings. The quantitative estimate of drug-likeness (QED) is 0.739. The van der Waals surface area contributed by atoms with Gasteiger partial charge in [0.25, 0.3) is 0 Å². The van der Waals surface area contributed by atoms with Gasteiger partial charge in [-0.25, -0.2) is 0 Å². The summed E-state index contributed by atoms with van der Waals surface area (Å²) in [6.07, 6.45) is 3.22. The minimum atomic E-state index is -0.0286. The topological polar surface area (TPSA) is 78.9 Å². The maximum Gasteiger partial charge on any atom is 0.176 e. The number of aromatic nitrogens is 4. The second kappa shape index (κ2) is 4.24. The van der Waals surface area contributed by atoms with Crippen molar-refractivity contribution in [3.8, 4) is 0 Å². The Hall–Kier alpha value is -1.01. The highest BCUT2D eigenvalue weighted by Crippen LogP contribution is 2.21. The Kier molecular flexibility index (Phi) is 2.97. The zero-order valence-electron chi connectivity index (χ0n) is 9.13. The number of rotatable bonds is 3. The van der Waals surface area contributed by atoms with E-state index in [2.05, 4.69) is 22.3 Å². The Bertz CT molecular complexity index is 326. The van der Waals surface area contributed by atoms with Crippen LogP contribution in [0.4, 0.5) is 0 Å². The SMILES string of the molecule is CC1CCC(C(N)Cc2nnn(C)n2)O1. The summed E-state index contributed by atoms with van der Waals surface area (Å²) in [4.78, 5) is 1.44. The Morgan fingerprint density at radius 2 is 2.40 bits per heavy atom. The summed E-state index contributed by atoms with van der Waals surface area (Å²) in [7, 11) is 1.75. The van der Waals surface area contributed by atoms with Gasteiger partial charge in [0, 0.05) is 12.5 Å². The first-order valence-corrected chi connectivity index (χ1v) is 5.29. The van der Waals surface area contributed by atoms with E-state index in [-0.39, 0.29) is 12.1 Å². The van der Waals surface area contributed by atoms with Crippen LogP contribution in [0.2, 0.25) is 0 Å². The van der Waals surface area contributed by atoms with Crippen molar-refractivity contribution in [3.63, 3.8) is 0 Å². The van der Waals surface area contributed by atoms with Crippen molar-refractivity contribution in [1.82, 2.24) is 20.2 Å². The molecule has 3 unspecified atom stereocenters. The van der Waals surface area contributed by atoms with Crippen LogP contribution in [0.5, 0.6) is 0 Å². The van der Waals surface area contributed by atoms with Crippen molar-refractivity contribution in [2.24, 2.45) is 12.8 Å². The molecule has 6 nitrogen and oxygen atoms in total. The second-order valence-corrected chi connectivity index (χ2v) is 4.13. The van der Waals surface area contributed by atoms with Crippen LogP contribution in [0.15, 0.2) is 0 Å².